The molecule has 32 heavy (non-hydrogen) atoms. The molecule has 0 radical (unpaired) electrons. The standard InChI is InChI=1S/C20H17F4N7O/c1-11-9-31(10-25-11)15-8-7-14(26-18(15)32-3)17-28-19(30(2)29-17)27-13-6-4-5-12(21)16(13)20(22,23)24/h4-10H,1-3H3,(H,27,28,29). The van der Waals surface area contributed by atoms with Crippen LogP contribution in [0.25, 0.3) is 17.2 Å². The Labute approximate surface area is 179 Å². The molecule has 0 aliphatic carbocycles. The number of benzene rings is 1. The molecule has 12 heteroatoms. The summed E-state index contributed by atoms with van der Waals surface area (Å²) in [6.07, 6.45) is -1.46. The number of anilines is 2. The third kappa shape index (κ3) is 3.98. The first-order valence-electron chi connectivity index (χ1n) is 9.27. The summed E-state index contributed by atoms with van der Waals surface area (Å²) in [6, 6.07) is 6.42. The average Bonchev–Trinajstić information content (AvgIpc) is 3.32. The minimum atomic E-state index is -4.88. The molecule has 3 heterocycles. The van der Waals surface area contributed by atoms with E-state index >= 15 is 0 Å². The molecule has 166 valence electrons. The lowest BCUT2D eigenvalue weighted by molar-refractivity contribution is -0.139. The lowest BCUT2D eigenvalue weighted by atomic mass is 10.1. The van der Waals surface area contributed by atoms with E-state index in [1.54, 1.807) is 29.2 Å². The number of rotatable bonds is 5. The van der Waals surface area contributed by atoms with Gasteiger partial charge in [-0.15, -0.1) is 5.10 Å². The van der Waals surface area contributed by atoms with Gasteiger partial charge in [-0.25, -0.2) is 19.0 Å². The number of halogens is 4. The van der Waals surface area contributed by atoms with Gasteiger partial charge in [0.25, 0.3) is 0 Å². The molecule has 0 aliphatic rings. The number of ether oxygens (including phenoxy) is 1. The molecule has 1 aromatic carbocycles. The van der Waals surface area contributed by atoms with Crippen molar-refractivity contribution in [2.75, 3.05) is 12.4 Å². The van der Waals surface area contributed by atoms with E-state index in [1.165, 1.54) is 24.9 Å². The van der Waals surface area contributed by atoms with Crippen LogP contribution < -0.4 is 10.1 Å². The molecule has 0 unspecified atom stereocenters. The molecule has 1 N–H and O–H groups in total. The summed E-state index contributed by atoms with van der Waals surface area (Å²) in [5.41, 5.74) is -0.101. The highest BCUT2D eigenvalue weighted by molar-refractivity contribution is 5.62. The van der Waals surface area contributed by atoms with Gasteiger partial charge >= 0.3 is 6.18 Å². The van der Waals surface area contributed by atoms with E-state index in [1.807, 2.05) is 6.92 Å². The topological polar surface area (TPSA) is 82.7 Å². The number of alkyl halides is 3. The summed E-state index contributed by atoms with van der Waals surface area (Å²) in [4.78, 5) is 12.8. The molecule has 0 saturated heterocycles. The number of nitrogens with zero attached hydrogens (tertiary/aromatic N) is 6. The fourth-order valence-corrected chi connectivity index (χ4v) is 3.10. The smallest absolute Gasteiger partial charge is 0.421 e. The van der Waals surface area contributed by atoms with Gasteiger partial charge in [0.1, 0.15) is 22.8 Å². The highest BCUT2D eigenvalue weighted by atomic mass is 19.4. The van der Waals surface area contributed by atoms with E-state index in [0.29, 0.717) is 11.4 Å². The number of imidazole rings is 1. The SMILES string of the molecule is COc1nc(-c2nc(Nc3cccc(F)c3C(F)(F)F)n(C)n2)ccc1-n1cnc(C)c1. The van der Waals surface area contributed by atoms with Gasteiger partial charge in [0.05, 0.1) is 24.8 Å². The zero-order valence-corrected chi connectivity index (χ0v) is 17.1. The summed E-state index contributed by atoms with van der Waals surface area (Å²) in [6.45, 7) is 1.85. The quantitative estimate of drug-likeness (QED) is 0.460. The number of aryl methyl sites for hydroxylation is 2. The molecule has 0 spiro atoms. The maximum Gasteiger partial charge on any atom is 0.421 e. The number of pyridine rings is 1. The van der Waals surface area contributed by atoms with E-state index in [0.717, 1.165) is 17.8 Å². The van der Waals surface area contributed by atoms with Crippen molar-refractivity contribution in [3.05, 3.63) is 59.9 Å². The number of nitrogens with one attached hydrogen (secondary N) is 1. The van der Waals surface area contributed by atoms with Crippen molar-refractivity contribution >= 4 is 11.6 Å². The Balaban J connectivity index is 1.69. The zero-order valence-electron chi connectivity index (χ0n) is 17.1. The fourth-order valence-electron chi connectivity index (χ4n) is 3.10. The second kappa shape index (κ2) is 7.94. The van der Waals surface area contributed by atoms with Crippen LogP contribution in [0.4, 0.5) is 29.2 Å². The fraction of sp³-hybridized carbons (Fsp3) is 0.200. The number of methoxy groups -OCH3 is 1. The normalized spacial score (nSPS) is 11.6. The van der Waals surface area contributed by atoms with E-state index in [-0.39, 0.29) is 17.7 Å². The summed E-state index contributed by atoms with van der Waals surface area (Å²) < 4.78 is 62.1. The summed E-state index contributed by atoms with van der Waals surface area (Å²) in [5.74, 6) is -0.981. The summed E-state index contributed by atoms with van der Waals surface area (Å²) >= 11 is 0. The van der Waals surface area contributed by atoms with Crippen LogP contribution in [0.5, 0.6) is 5.88 Å². The van der Waals surface area contributed by atoms with Crippen molar-refractivity contribution in [2.45, 2.75) is 13.1 Å². The zero-order chi connectivity index (χ0) is 23.0. The molecular weight excluding hydrogens is 430 g/mol. The van der Waals surface area contributed by atoms with Crippen LogP contribution in [0.2, 0.25) is 0 Å². The molecule has 0 aliphatic heterocycles. The lowest BCUT2D eigenvalue weighted by Gasteiger charge is -2.14. The number of hydrogen-bond donors (Lipinski definition) is 1. The van der Waals surface area contributed by atoms with Crippen LogP contribution in [0.15, 0.2) is 42.9 Å². The van der Waals surface area contributed by atoms with E-state index in [4.69, 9.17) is 4.74 Å². The molecule has 8 nitrogen and oxygen atoms in total. The van der Waals surface area contributed by atoms with E-state index in [2.05, 4.69) is 25.4 Å². The van der Waals surface area contributed by atoms with Crippen LogP contribution >= 0.6 is 0 Å². The second-order valence-corrected chi connectivity index (χ2v) is 6.81. The van der Waals surface area contributed by atoms with Gasteiger partial charge in [-0.1, -0.05) is 6.07 Å². The second-order valence-electron chi connectivity index (χ2n) is 6.81. The highest BCUT2D eigenvalue weighted by Gasteiger charge is 2.37. The van der Waals surface area contributed by atoms with Gasteiger partial charge in [-0.2, -0.15) is 18.2 Å². The van der Waals surface area contributed by atoms with E-state index in [9.17, 15) is 17.6 Å². The molecule has 0 fully saturated rings. The van der Waals surface area contributed by atoms with E-state index < -0.39 is 23.2 Å². The van der Waals surface area contributed by atoms with Crippen LogP contribution in [0, 0.1) is 12.7 Å². The van der Waals surface area contributed by atoms with Crippen molar-refractivity contribution in [3.8, 4) is 23.1 Å². The molecule has 0 atom stereocenters. The maximum atomic E-state index is 13.8. The van der Waals surface area contributed by atoms with Crippen molar-refractivity contribution in [1.82, 2.24) is 29.3 Å². The third-order valence-electron chi connectivity index (χ3n) is 4.56. The highest BCUT2D eigenvalue weighted by Crippen LogP contribution is 2.37. The van der Waals surface area contributed by atoms with Crippen molar-refractivity contribution in [2.24, 2.45) is 7.05 Å². The molecule has 3 aromatic heterocycles. The first kappa shape index (κ1) is 21.3. The lowest BCUT2D eigenvalue weighted by Crippen LogP contribution is -2.12. The van der Waals surface area contributed by atoms with Gasteiger partial charge in [-0.05, 0) is 31.2 Å². The van der Waals surface area contributed by atoms with Crippen LogP contribution in [-0.4, -0.2) is 36.4 Å². The van der Waals surface area contributed by atoms with Crippen LogP contribution in [0.3, 0.4) is 0 Å². The van der Waals surface area contributed by atoms with Crippen molar-refractivity contribution < 1.29 is 22.3 Å². The van der Waals surface area contributed by atoms with Gasteiger partial charge in [0, 0.05) is 13.2 Å². The number of hydrogen-bond acceptors (Lipinski definition) is 6. The van der Waals surface area contributed by atoms with Crippen molar-refractivity contribution in [3.63, 3.8) is 0 Å². The molecular formula is C20H17F4N7O. The largest absolute Gasteiger partial charge is 0.479 e. The summed E-state index contributed by atoms with van der Waals surface area (Å²) in [7, 11) is 2.95. The van der Waals surface area contributed by atoms with Gasteiger partial charge < -0.3 is 14.6 Å². The molecule has 4 aromatic rings. The minimum Gasteiger partial charge on any atom is -0.479 e. The van der Waals surface area contributed by atoms with Crippen molar-refractivity contribution in [1.29, 1.82) is 0 Å². The van der Waals surface area contributed by atoms with Crippen LogP contribution in [-0.2, 0) is 13.2 Å². The average molecular weight is 447 g/mol. The maximum absolute atomic E-state index is 13.8. The first-order chi connectivity index (χ1) is 15.2. The molecule has 0 bridgehead atoms. The third-order valence-corrected chi connectivity index (χ3v) is 4.56. The summed E-state index contributed by atoms with van der Waals surface area (Å²) in [5, 5.41) is 6.71. The minimum absolute atomic E-state index is 0.0221. The Hall–Kier alpha value is -3.96. The molecule has 4 rings (SSSR count). The van der Waals surface area contributed by atoms with Gasteiger partial charge in [0.15, 0.2) is 0 Å². The molecule has 0 saturated carbocycles. The predicted molar refractivity (Wildman–Crippen MR) is 107 cm³/mol. The Morgan fingerprint density at radius 2 is 1.88 bits per heavy atom. The monoisotopic (exact) mass is 447 g/mol. The Morgan fingerprint density at radius 1 is 1.09 bits per heavy atom. The van der Waals surface area contributed by atoms with Crippen LogP contribution in [0.1, 0.15) is 11.3 Å². The number of aromatic nitrogens is 6. The van der Waals surface area contributed by atoms with Gasteiger partial charge in [0.2, 0.25) is 17.7 Å². The van der Waals surface area contributed by atoms with Gasteiger partial charge in [-0.3, -0.25) is 0 Å². The Bertz CT molecular complexity index is 1280. The Morgan fingerprint density at radius 3 is 2.53 bits per heavy atom. The Kier molecular flexibility index (Phi) is 5.28. The molecule has 0 amide bonds. The predicted octanol–water partition coefficient (Wildman–Crippen LogP) is 4.28. The first-order valence-corrected chi connectivity index (χ1v) is 9.27.